The summed E-state index contributed by atoms with van der Waals surface area (Å²) in [7, 11) is 0. The number of fused-ring (bicyclic) bond motifs is 4. The van der Waals surface area contributed by atoms with Gasteiger partial charge in [0.25, 0.3) is 0 Å². The van der Waals surface area contributed by atoms with Crippen molar-refractivity contribution < 1.29 is 18.4 Å². The number of benzene rings is 1. The molecule has 45 heavy (non-hydrogen) atoms. The predicted octanol–water partition coefficient (Wildman–Crippen LogP) is 3.38. The van der Waals surface area contributed by atoms with Crippen molar-refractivity contribution in [2.75, 3.05) is 23.3 Å². The van der Waals surface area contributed by atoms with Gasteiger partial charge in [-0.3, -0.25) is 19.6 Å². The van der Waals surface area contributed by atoms with E-state index in [1.807, 2.05) is 32.6 Å². The summed E-state index contributed by atoms with van der Waals surface area (Å²) in [5.41, 5.74) is 0.0185. The first kappa shape index (κ1) is 29.8. The highest BCUT2D eigenvalue weighted by molar-refractivity contribution is 6.07. The number of aromatic nitrogens is 3. The summed E-state index contributed by atoms with van der Waals surface area (Å²) in [5, 5.41) is 2.93. The first-order valence-electron chi connectivity index (χ1n) is 14.6. The summed E-state index contributed by atoms with van der Waals surface area (Å²) >= 11 is 0. The van der Waals surface area contributed by atoms with Crippen LogP contribution in [-0.4, -0.2) is 56.3 Å². The van der Waals surface area contributed by atoms with Gasteiger partial charge in [0.1, 0.15) is 23.3 Å². The van der Waals surface area contributed by atoms with E-state index < -0.39 is 23.1 Å². The number of amides is 1. The Morgan fingerprint density at radius 2 is 1.91 bits per heavy atom. The molecule has 230 valence electrons. The number of nitrogens with zero attached hydrogens (tertiary/aromatic N) is 6. The molecule has 1 fully saturated rings. The van der Waals surface area contributed by atoms with Crippen molar-refractivity contribution in [3.05, 3.63) is 105 Å². The standard InChI is InChI=1S/C33H31F2N7O3/c1-6-26(44)40-15-19(5)41(16-18(40)4)31-21-14-23(35)29-27-22(34)8-7-9-24(27)36-13-11-25(43)20-10-12-37-28(17(2)3)30(20)42(32(21)38-29)33(45)39-31/h6-14,17-19,38H,1,15-16H2,2-5H3/t18-,19+/m1/s1. The molecule has 0 spiro atoms. The Hall–Kier alpha value is -5.26. The summed E-state index contributed by atoms with van der Waals surface area (Å²) in [6.45, 7) is 11.7. The number of nitrogens with one attached hydrogen (secondary N) is 1. The van der Waals surface area contributed by atoms with Gasteiger partial charge in [-0.2, -0.15) is 4.98 Å². The molecule has 1 aromatic carbocycles. The van der Waals surface area contributed by atoms with E-state index in [4.69, 9.17) is 0 Å². The lowest BCUT2D eigenvalue weighted by Gasteiger charge is -2.45. The van der Waals surface area contributed by atoms with Gasteiger partial charge in [-0.05, 0) is 50.1 Å². The number of ketones is 1. The van der Waals surface area contributed by atoms with Gasteiger partial charge < -0.3 is 15.1 Å². The maximum atomic E-state index is 16.2. The highest BCUT2D eigenvalue weighted by atomic mass is 19.1. The van der Waals surface area contributed by atoms with Crippen molar-refractivity contribution in [2.24, 2.45) is 4.99 Å². The van der Waals surface area contributed by atoms with Crippen LogP contribution in [0.25, 0.3) is 17.5 Å². The van der Waals surface area contributed by atoms with Gasteiger partial charge in [-0.1, -0.05) is 26.5 Å². The van der Waals surface area contributed by atoms with Crippen molar-refractivity contribution in [2.45, 2.75) is 45.7 Å². The molecule has 0 saturated carbocycles. The Morgan fingerprint density at radius 3 is 2.64 bits per heavy atom. The first-order chi connectivity index (χ1) is 21.5. The minimum atomic E-state index is -0.800. The van der Waals surface area contributed by atoms with E-state index >= 15 is 8.78 Å². The smallest absolute Gasteiger partial charge is 0.349 e. The lowest BCUT2D eigenvalue weighted by molar-refractivity contribution is -0.128. The van der Waals surface area contributed by atoms with Crippen LogP contribution < -0.4 is 26.5 Å². The lowest BCUT2D eigenvalue weighted by Crippen LogP contribution is -2.58. The van der Waals surface area contributed by atoms with Crippen molar-refractivity contribution in [1.82, 2.24) is 19.4 Å². The second kappa shape index (κ2) is 11.3. The number of allylic oxidation sites excluding steroid dienone is 1. The monoisotopic (exact) mass is 611 g/mol. The minimum absolute atomic E-state index is 0.0839. The second-order valence-electron chi connectivity index (χ2n) is 11.5. The van der Waals surface area contributed by atoms with Gasteiger partial charge in [0.15, 0.2) is 5.78 Å². The van der Waals surface area contributed by atoms with Crippen molar-refractivity contribution in [3.8, 4) is 5.69 Å². The van der Waals surface area contributed by atoms with Crippen LogP contribution in [0, 0.1) is 5.82 Å². The van der Waals surface area contributed by atoms with Crippen LogP contribution in [-0.2, 0) is 4.79 Å². The third-order valence-corrected chi connectivity index (χ3v) is 8.25. The molecule has 0 unspecified atom stereocenters. The number of carbonyl (C=O) groups is 2. The molecule has 1 saturated heterocycles. The highest BCUT2D eigenvalue weighted by Gasteiger charge is 2.36. The molecule has 0 radical (unpaired) electrons. The van der Waals surface area contributed by atoms with Gasteiger partial charge in [0.05, 0.1) is 33.2 Å². The van der Waals surface area contributed by atoms with Crippen LogP contribution in [0.4, 0.5) is 20.4 Å². The zero-order chi connectivity index (χ0) is 32.2. The Bertz CT molecular complexity index is 2030. The Labute approximate surface area is 257 Å². The molecule has 5 heterocycles. The molecule has 2 aromatic heterocycles. The molecule has 2 atom stereocenters. The molecule has 10 nitrogen and oxygen atoms in total. The van der Waals surface area contributed by atoms with E-state index in [1.165, 1.54) is 59.5 Å². The Balaban J connectivity index is 1.72. The van der Waals surface area contributed by atoms with Crippen LogP contribution in [0.2, 0.25) is 0 Å². The minimum Gasteiger partial charge on any atom is -0.349 e. The van der Waals surface area contributed by atoms with Gasteiger partial charge >= 0.3 is 5.69 Å². The van der Waals surface area contributed by atoms with E-state index in [0.717, 1.165) is 0 Å². The molecule has 3 aromatic rings. The number of hydrogen-bond acceptors (Lipinski definition) is 8. The number of pyridine rings is 1. The largest absolute Gasteiger partial charge is 0.355 e. The molecule has 2 bridgehead atoms. The number of piperazine rings is 1. The van der Waals surface area contributed by atoms with Crippen LogP contribution in [0.3, 0.4) is 0 Å². The molecule has 3 aliphatic rings. The van der Waals surface area contributed by atoms with Crippen molar-refractivity contribution >= 4 is 35.1 Å². The van der Waals surface area contributed by atoms with E-state index in [-0.39, 0.29) is 68.6 Å². The van der Waals surface area contributed by atoms with Crippen LogP contribution in [0.15, 0.2) is 71.0 Å². The number of halogens is 2. The van der Waals surface area contributed by atoms with Gasteiger partial charge in [-0.25, -0.2) is 18.1 Å². The fourth-order valence-corrected chi connectivity index (χ4v) is 6.08. The SMILES string of the molecule is C=CC(=O)N1C[C@H](C)N(c2nc(=O)n3c4c2C=C(F)C(=c2c(F)cccc2=NC=CC(=O)c2ccnc(C(C)C)c2-3)N4)C[C@H]1C. The maximum Gasteiger partial charge on any atom is 0.355 e. The van der Waals surface area contributed by atoms with E-state index in [9.17, 15) is 14.4 Å². The lowest BCUT2D eigenvalue weighted by atomic mass is 10.00. The number of anilines is 2. The quantitative estimate of drug-likeness (QED) is 0.452. The normalized spacial score (nSPS) is 19.0. The van der Waals surface area contributed by atoms with Crippen molar-refractivity contribution in [3.63, 3.8) is 0 Å². The average molecular weight is 612 g/mol. The van der Waals surface area contributed by atoms with Crippen LogP contribution in [0.5, 0.6) is 0 Å². The molecule has 3 aliphatic heterocycles. The average Bonchev–Trinajstić information content (AvgIpc) is 3.00. The number of hydrogen-bond donors (Lipinski definition) is 1. The summed E-state index contributed by atoms with van der Waals surface area (Å²) in [5.74, 6) is -2.19. The molecule has 6 rings (SSSR count). The van der Waals surface area contributed by atoms with Gasteiger partial charge in [0.2, 0.25) is 5.91 Å². The van der Waals surface area contributed by atoms with E-state index in [2.05, 4.69) is 26.9 Å². The van der Waals surface area contributed by atoms with Crippen molar-refractivity contribution in [1.29, 1.82) is 0 Å². The number of rotatable bonds is 3. The Morgan fingerprint density at radius 1 is 1.13 bits per heavy atom. The molecular formula is C33H31F2N7O3. The molecule has 1 amide bonds. The predicted molar refractivity (Wildman–Crippen MR) is 167 cm³/mol. The molecule has 0 aliphatic carbocycles. The zero-order valence-corrected chi connectivity index (χ0v) is 25.2. The first-order valence-corrected chi connectivity index (χ1v) is 14.6. The second-order valence-corrected chi connectivity index (χ2v) is 11.5. The summed E-state index contributed by atoms with van der Waals surface area (Å²) in [4.78, 5) is 57.1. The third kappa shape index (κ3) is 4.95. The summed E-state index contributed by atoms with van der Waals surface area (Å²) in [6.07, 6.45) is 6.40. The maximum absolute atomic E-state index is 16.2. The van der Waals surface area contributed by atoms with E-state index in [1.54, 1.807) is 4.90 Å². The zero-order valence-electron chi connectivity index (χ0n) is 25.2. The fourth-order valence-electron chi connectivity index (χ4n) is 6.08. The van der Waals surface area contributed by atoms with Gasteiger partial charge in [-0.15, -0.1) is 0 Å². The summed E-state index contributed by atoms with van der Waals surface area (Å²) in [6, 6.07) is 5.04. The van der Waals surface area contributed by atoms with Gasteiger partial charge in [0, 0.05) is 49.2 Å². The highest BCUT2D eigenvalue weighted by Crippen LogP contribution is 2.39. The molecule has 1 N–H and O–H groups in total. The molecule has 12 heteroatoms. The topological polar surface area (TPSA) is 113 Å². The third-order valence-electron chi connectivity index (χ3n) is 8.25. The summed E-state index contributed by atoms with van der Waals surface area (Å²) < 4.78 is 32.9. The fraction of sp³-hybridized carbons (Fsp3) is 0.273. The van der Waals surface area contributed by atoms with Crippen LogP contribution in [0.1, 0.15) is 55.2 Å². The molecular weight excluding hydrogens is 580 g/mol. The van der Waals surface area contributed by atoms with Crippen LogP contribution >= 0.6 is 0 Å². The Kier molecular flexibility index (Phi) is 7.51. The number of carbonyl (C=O) groups excluding carboxylic acids is 2. The van der Waals surface area contributed by atoms with E-state index in [0.29, 0.717) is 18.8 Å².